The van der Waals surface area contributed by atoms with Gasteiger partial charge in [0.25, 0.3) is 10.0 Å². The lowest BCUT2D eigenvalue weighted by Gasteiger charge is -2.10. The summed E-state index contributed by atoms with van der Waals surface area (Å²) in [6.07, 6.45) is 0.539. The minimum atomic E-state index is -3.64. The van der Waals surface area contributed by atoms with Crippen molar-refractivity contribution >= 4 is 27.8 Å². The van der Waals surface area contributed by atoms with Gasteiger partial charge >= 0.3 is 0 Å². The second-order valence-corrected chi connectivity index (χ2v) is 6.37. The van der Waals surface area contributed by atoms with Crippen LogP contribution in [0.2, 0.25) is 0 Å². The third-order valence-corrected chi connectivity index (χ3v) is 4.55. The lowest BCUT2D eigenvalue weighted by atomic mass is 10.1. The Kier molecular flexibility index (Phi) is 4.28. The second-order valence-electron chi connectivity index (χ2n) is 4.69. The average Bonchev–Trinajstić information content (AvgIpc) is 2.44. The zero-order chi connectivity index (χ0) is 15.5. The number of rotatable bonds is 5. The first-order valence-electron chi connectivity index (χ1n) is 6.33. The van der Waals surface area contributed by atoms with E-state index < -0.39 is 10.0 Å². The Balaban J connectivity index is 2.24. The highest BCUT2D eigenvalue weighted by atomic mass is 32.2. The maximum absolute atomic E-state index is 12.3. The van der Waals surface area contributed by atoms with E-state index in [1.165, 1.54) is 24.3 Å². The van der Waals surface area contributed by atoms with Crippen molar-refractivity contribution in [3.8, 4) is 0 Å². The number of hydrogen-bond acceptors (Lipinski definition) is 3. The lowest BCUT2D eigenvalue weighted by molar-refractivity contribution is -0.105. The van der Waals surface area contributed by atoms with Gasteiger partial charge in [0.15, 0.2) is 0 Å². The van der Waals surface area contributed by atoms with E-state index in [2.05, 4.69) is 10.0 Å². The number of nitrogens with one attached hydrogen (secondary N) is 2. The molecule has 0 unspecified atom stereocenters. The summed E-state index contributed by atoms with van der Waals surface area (Å²) in [6.45, 7) is 3.89. The molecule has 110 valence electrons. The summed E-state index contributed by atoms with van der Waals surface area (Å²) in [5.74, 6) is 0. The molecule has 0 saturated heterocycles. The van der Waals surface area contributed by atoms with E-state index >= 15 is 0 Å². The molecule has 6 heteroatoms. The van der Waals surface area contributed by atoms with Crippen molar-refractivity contribution in [1.29, 1.82) is 0 Å². The van der Waals surface area contributed by atoms with Crippen LogP contribution in [0.1, 0.15) is 11.1 Å². The fourth-order valence-corrected chi connectivity index (χ4v) is 2.87. The third kappa shape index (κ3) is 3.61. The van der Waals surface area contributed by atoms with Crippen LogP contribution in [0.15, 0.2) is 47.4 Å². The molecule has 2 aromatic rings. The molecule has 0 bridgehead atoms. The van der Waals surface area contributed by atoms with Crippen LogP contribution in [0.25, 0.3) is 0 Å². The highest BCUT2D eigenvalue weighted by molar-refractivity contribution is 7.92. The second kappa shape index (κ2) is 5.97. The number of sulfonamides is 1. The summed E-state index contributed by atoms with van der Waals surface area (Å²) >= 11 is 0. The van der Waals surface area contributed by atoms with E-state index in [1.54, 1.807) is 12.1 Å². The number of benzene rings is 2. The van der Waals surface area contributed by atoms with Crippen molar-refractivity contribution < 1.29 is 13.2 Å². The van der Waals surface area contributed by atoms with Gasteiger partial charge < -0.3 is 5.32 Å². The van der Waals surface area contributed by atoms with Crippen LogP contribution < -0.4 is 10.0 Å². The van der Waals surface area contributed by atoms with Crippen molar-refractivity contribution in [3.63, 3.8) is 0 Å². The summed E-state index contributed by atoms with van der Waals surface area (Å²) in [6, 6.07) is 11.3. The topological polar surface area (TPSA) is 75.3 Å². The number of carbonyl (C=O) groups excluding carboxylic acids is 1. The zero-order valence-corrected chi connectivity index (χ0v) is 12.6. The highest BCUT2D eigenvalue weighted by Crippen LogP contribution is 2.20. The molecule has 0 fully saturated rings. The predicted molar refractivity (Wildman–Crippen MR) is 82.9 cm³/mol. The molecule has 0 atom stereocenters. The fraction of sp³-hybridized carbons (Fsp3) is 0.133. The van der Waals surface area contributed by atoms with E-state index in [0.717, 1.165) is 11.1 Å². The molecule has 0 aliphatic carbocycles. The maximum Gasteiger partial charge on any atom is 0.261 e. The van der Waals surface area contributed by atoms with Gasteiger partial charge in [-0.3, -0.25) is 9.52 Å². The standard InChI is InChI=1S/C15H16N2O3S/c1-11-3-4-14(9-12(11)2)17-21(19,20)15-7-5-13(6-8-15)16-10-18/h3-10,17H,1-2H3,(H,16,18). The third-order valence-electron chi connectivity index (χ3n) is 3.15. The van der Waals surface area contributed by atoms with Crippen LogP contribution in [0.5, 0.6) is 0 Å². The normalized spacial score (nSPS) is 11.0. The molecule has 0 aliphatic rings. The molecule has 0 saturated carbocycles. The first-order chi connectivity index (χ1) is 9.92. The molecule has 0 aliphatic heterocycles. The van der Waals surface area contributed by atoms with E-state index in [-0.39, 0.29) is 4.90 Å². The molecule has 0 radical (unpaired) electrons. The van der Waals surface area contributed by atoms with Crippen LogP contribution >= 0.6 is 0 Å². The van der Waals surface area contributed by atoms with Gasteiger partial charge in [0.2, 0.25) is 6.41 Å². The molecule has 2 aromatic carbocycles. The van der Waals surface area contributed by atoms with Crippen LogP contribution in [0.4, 0.5) is 11.4 Å². The largest absolute Gasteiger partial charge is 0.329 e. The number of hydrogen-bond donors (Lipinski definition) is 2. The van der Waals surface area contributed by atoms with Gasteiger partial charge in [-0.15, -0.1) is 0 Å². The van der Waals surface area contributed by atoms with Gasteiger partial charge in [-0.1, -0.05) is 6.07 Å². The maximum atomic E-state index is 12.3. The Morgan fingerprint density at radius 2 is 1.52 bits per heavy atom. The molecule has 1 amide bonds. The van der Waals surface area contributed by atoms with Gasteiger partial charge in [0.05, 0.1) is 4.90 Å². The van der Waals surface area contributed by atoms with Crippen LogP contribution in [0, 0.1) is 13.8 Å². The summed E-state index contributed by atoms with van der Waals surface area (Å²) in [4.78, 5) is 10.5. The summed E-state index contributed by atoms with van der Waals surface area (Å²) in [7, 11) is -3.64. The van der Waals surface area contributed by atoms with E-state index in [0.29, 0.717) is 17.8 Å². The molecule has 5 nitrogen and oxygen atoms in total. The van der Waals surface area contributed by atoms with Crippen LogP contribution in [0.3, 0.4) is 0 Å². The van der Waals surface area contributed by atoms with E-state index in [1.807, 2.05) is 19.9 Å². The van der Waals surface area contributed by atoms with E-state index in [4.69, 9.17) is 0 Å². The summed E-state index contributed by atoms with van der Waals surface area (Å²) < 4.78 is 27.1. The molecule has 2 N–H and O–H groups in total. The Bertz CT molecular complexity index is 753. The van der Waals surface area contributed by atoms with Crippen molar-refractivity contribution in [2.24, 2.45) is 0 Å². The van der Waals surface area contributed by atoms with Gasteiger partial charge in [-0.2, -0.15) is 0 Å². The smallest absolute Gasteiger partial charge is 0.261 e. The van der Waals surface area contributed by atoms with Crippen LogP contribution in [-0.4, -0.2) is 14.8 Å². The minimum Gasteiger partial charge on any atom is -0.329 e. The predicted octanol–water partition coefficient (Wildman–Crippen LogP) is 2.67. The monoisotopic (exact) mass is 304 g/mol. The molecule has 21 heavy (non-hydrogen) atoms. The van der Waals surface area contributed by atoms with Crippen LogP contribution in [-0.2, 0) is 14.8 Å². The van der Waals surface area contributed by atoms with Gasteiger partial charge in [0.1, 0.15) is 0 Å². The zero-order valence-electron chi connectivity index (χ0n) is 11.8. The number of aryl methyl sites for hydroxylation is 2. The summed E-state index contributed by atoms with van der Waals surface area (Å²) in [5, 5.41) is 2.45. The van der Waals surface area contributed by atoms with Crippen molar-refractivity contribution in [3.05, 3.63) is 53.6 Å². The lowest BCUT2D eigenvalue weighted by Crippen LogP contribution is -2.13. The Labute approximate surface area is 124 Å². The first-order valence-corrected chi connectivity index (χ1v) is 7.81. The van der Waals surface area contributed by atoms with Crippen molar-refractivity contribution in [1.82, 2.24) is 0 Å². The SMILES string of the molecule is Cc1ccc(NS(=O)(=O)c2ccc(NC=O)cc2)cc1C. The molecule has 2 rings (SSSR count). The molecular formula is C15H16N2O3S. The molecule has 0 heterocycles. The summed E-state index contributed by atoms with van der Waals surface area (Å²) in [5.41, 5.74) is 3.17. The molecule has 0 spiro atoms. The number of anilines is 2. The van der Waals surface area contributed by atoms with E-state index in [9.17, 15) is 13.2 Å². The van der Waals surface area contributed by atoms with Crippen molar-refractivity contribution in [2.45, 2.75) is 18.7 Å². The van der Waals surface area contributed by atoms with Crippen molar-refractivity contribution in [2.75, 3.05) is 10.0 Å². The van der Waals surface area contributed by atoms with Gasteiger partial charge in [-0.25, -0.2) is 8.42 Å². The highest BCUT2D eigenvalue weighted by Gasteiger charge is 2.14. The van der Waals surface area contributed by atoms with Gasteiger partial charge in [0, 0.05) is 11.4 Å². The number of carbonyl (C=O) groups is 1. The quantitative estimate of drug-likeness (QED) is 0.834. The molecular weight excluding hydrogens is 288 g/mol. The Morgan fingerprint density at radius 3 is 2.10 bits per heavy atom. The Morgan fingerprint density at radius 1 is 0.905 bits per heavy atom. The minimum absolute atomic E-state index is 0.136. The fourth-order valence-electron chi connectivity index (χ4n) is 1.82. The average molecular weight is 304 g/mol. The first kappa shape index (κ1) is 15.1. The molecule has 0 aromatic heterocycles. The Hall–Kier alpha value is -2.34. The number of amides is 1. The van der Waals surface area contributed by atoms with Gasteiger partial charge in [-0.05, 0) is 61.4 Å².